The van der Waals surface area contributed by atoms with Crippen LogP contribution in [0.3, 0.4) is 0 Å². The van der Waals surface area contributed by atoms with Crippen LogP contribution >= 0.6 is 0 Å². The van der Waals surface area contributed by atoms with Crippen LogP contribution in [0, 0.1) is 6.92 Å². The highest BCUT2D eigenvalue weighted by Gasteiger charge is 2.24. The monoisotopic (exact) mass is 372 g/mol. The highest BCUT2D eigenvalue weighted by molar-refractivity contribution is 5.89. The lowest BCUT2D eigenvalue weighted by Gasteiger charge is -2.34. The molecule has 146 valence electrons. The van der Waals surface area contributed by atoms with E-state index < -0.39 is 0 Å². The summed E-state index contributed by atoms with van der Waals surface area (Å²) >= 11 is 0. The molecule has 0 spiro atoms. The molecule has 0 radical (unpaired) electrons. The topological polar surface area (TPSA) is 84.3 Å². The lowest BCUT2D eigenvalue weighted by atomic mass is 10.1. The van der Waals surface area contributed by atoms with Crippen LogP contribution in [0.2, 0.25) is 0 Å². The molecule has 0 saturated carbocycles. The predicted molar refractivity (Wildman–Crippen MR) is 104 cm³/mol. The van der Waals surface area contributed by atoms with Crippen LogP contribution in [0.5, 0.6) is 0 Å². The maximum absolute atomic E-state index is 12.5. The van der Waals surface area contributed by atoms with Gasteiger partial charge in [-0.25, -0.2) is 4.79 Å². The molecule has 3 heterocycles. The van der Waals surface area contributed by atoms with E-state index in [2.05, 4.69) is 32.5 Å². The van der Waals surface area contributed by atoms with Crippen molar-refractivity contribution in [2.75, 3.05) is 38.2 Å². The number of aromatic nitrogens is 3. The molecule has 0 bridgehead atoms. The first-order valence-electron chi connectivity index (χ1n) is 9.40. The summed E-state index contributed by atoms with van der Waals surface area (Å²) in [6, 6.07) is 5.65. The summed E-state index contributed by atoms with van der Waals surface area (Å²) < 4.78 is 7.17. The molecule has 2 amide bonds. The van der Waals surface area contributed by atoms with Crippen molar-refractivity contribution in [1.29, 1.82) is 0 Å². The zero-order valence-electron chi connectivity index (χ0n) is 16.2. The van der Waals surface area contributed by atoms with Crippen molar-refractivity contribution in [2.45, 2.75) is 26.3 Å². The number of rotatable bonds is 6. The van der Waals surface area contributed by atoms with Crippen molar-refractivity contribution in [2.24, 2.45) is 7.05 Å². The summed E-state index contributed by atoms with van der Waals surface area (Å²) in [7, 11) is 1.84. The molecule has 0 unspecified atom stereocenters. The van der Waals surface area contributed by atoms with E-state index in [1.165, 1.54) is 0 Å². The third kappa shape index (κ3) is 4.64. The van der Waals surface area contributed by atoms with Gasteiger partial charge in [-0.1, -0.05) is 13.0 Å². The van der Waals surface area contributed by atoms with Gasteiger partial charge in [0, 0.05) is 38.4 Å². The Morgan fingerprint density at radius 1 is 1.33 bits per heavy atom. The first kappa shape index (κ1) is 19.3. The summed E-state index contributed by atoms with van der Waals surface area (Å²) in [5, 5.41) is 10.4. The average molecular weight is 372 g/mol. The summed E-state index contributed by atoms with van der Waals surface area (Å²) in [6.07, 6.45) is 2.62. The van der Waals surface area contributed by atoms with Crippen molar-refractivity contribution >= 4 is 11.8 Å². The largest absolute Gasteiger partial charge is 0.379 e. The van der Waals surface area contributed by atoms with Crippen molar-refractivity contribution in [1.82, 2.24) is 25.0 Å². The van der Waals surface area contributed by atoms with E-state index in [1.807, 2.05) is 32.2 Å². The van der Waals surface area contributed by atoms with Gasteiger partial charge in [0.2, 0.25) is 0 Å². The number of hydrogen-bond donors (Lipinski definition) is 2. The van der Waals surface area contributed by atoms with Gasteiger partial charge in [-0.05, 0) is 25.5 Å². The number of amides is 2. The van der Waals surface area contributed by atoms with E-state index in [-0.39, 0.29) is 12.1 Å². The first-order valence-corrected chi connectivity index (χ1v) is 9.40. The number of morpholine rings is 1. The fourth-order valence-electron chi connectivity index (χ4n) is 3.42. The minimum absolute atomic E-state index is 0.0136. The maximum atomic E-state index is 12.5. The molecule has 1 fully saturated rings. The lowest BCUT2D eigenvalue weighted by molar-refractivity contribution is 0.0159. The van der Waals surface area contributed by atoms with Crippen LogP contribution in [0.15, 0.2) is 24.4 Å². The molecule has 1 saturated heterocycles. The molecule has 2 aromatic rings. The summed E-state index contributed by atoms with van der Waals surface area (Å²) in [6.45, 7) is 7.55. The van der Waals surface area contributed by atoms with Crippen LogP contribution in [-0.2, 0) is 18.2 Å². The van der Waals surface area contributed by atoms with Gasteiger partial charge in [-0.15, -0.1) is 0 Å². The van der Waals surface area contributed by atoms with Crippen LogP contribution in [0.4, 0.5) is 10.6 Å². The SMILES string of the molecule is CCc1nn(C)c(NC(=O)NC[C@H](c2ccccn2)N2CCOCC2)c1C. The molecule has 1 atom stereocenters. The van der Waals surface area contributed by atoms with Crippen LogP contribution in [-0.4, -0.2) is 58.5 Å². The summed E-state index contributed by atoms with van der Waals surface area (Å²) in [5.74, 6) is 0.727. The third-order valence-corrected chi connectivity index (χ3v) is 4.92. The number of aryl methyl sites for hydroxylation is 2. The number of anilines is 1. The second kappa shape index (κ2) is 8.96. The van der Waals surface area contributed by atoms with E-state index in [9.17, 15) is 4.79 Å². The van der Waals surface area contributed by atoms with E-state index >= 15 is 0 Å². The number of carbonyl (C=O) groups excluding carboxylic acids is 1. The minimum Gasteiger partial charge on any atom is -0.379 e. The van der Waals surface area contributed by atoms with E-state index in [0.717, 1.165) is 42.3 Å². The smallest absolute Gasteiger partial charge is 0.320 e. The summed E-state index contributed by atoms with van der Waals surface area (Å²) in [5.41, 5.74) is 2.95. The van der Waals surface area contributed by atoms with E-state index in [0.29, 0.717) is 19.8 Å². The number of ether oxygens (including phenoxy) is 1. The highest BCUT2D eigenvalue weighted by atomic mass is 16.5. The Kier molecular flexibility index (Phi) is 6.41. The zero-order chi connectivity index (χ0) is 19.2. The second-order valence-electron chi connectivity index (χ2n) is 6.65. The van der Waals surface area contributed by atoms with Crippen molar-refractivity contribution in [3.8, 4) is 0 Å². The lowest BCUT2D eigenvalue weighted by Crippen LogP contribution is -2.44. The molecule has 8 nitrogen and oxygen atoms in total. The van der Waals surface area contributed by atoms with Crippen molar-refractivity contribution < 1.29 is 9.53 Å². The van der Waals surface area contributed by atoms with Crippen molar-refractivity contribution in [3.05, 3.63) is 41.3 Å². The molecule has 27 heavy (non-hydrogen) atoms. The molecule has 2 N–H and O–H groups in total. The van der Waals surface area contributed by atoms with Gasteiger partial charge in [0.05, 0.1) is 30.6 Å². The molecular formula is C19H28N6O2. The minimum atomic E-state index is -0.238. The molecule has 3 rings (SSSR count). The van der Waals surface area contributed by atoms with Crippen LogP contribution in [0.1, 0.15) is 29.9 Å². The Hall–Kier alpha value is -2.45. The van der Waals surface area contributed by atoms with Gasteiger partial charge in [0.15, 0.2) is 0 Å². The number of urea groups is 1. The Morgan fingerprint density at radius 2 is 2.11 bits per heavy atom. The molecular weight excluding hydrogens is 344 g/mol. The number of nitrogens with one attached hydrogen (secondary N) is 2. The van der Waals surface area contributed by atoms with Crippen LogP contribution in [0.25, 0.3) is 0 Å². The van der Waals surface area contributed by atoms with Gasteiger partial charge in [-0.3, -0.25) is 19.9 Å². The molecule has 2 aromatic heterocycles. The van der Waals surface area contributed by atoms with Gasteiger partial charge >= 0.3 is 6.03 Å². The molecule has 1 aliphatic rings. The van der Waals surface area contributed by atoms with Gasteiger partial charge in [0.25, 0.3) is 0 Å². The van der Waals surface area contributed by atoms with Gasteiger partial charge in [-0.2, -0.15) is 5.10 Å². The predicted octanol–water partition coefficient (Wildman–Crippen LogP) is 1.88. The second-order valence-corrected chi connectivity index (χ2v) is 6.65. The van der Waals surface area contributed by atoms with Gasteiger partial charge < -0.3 is 10.1 Å². The Morgan fingerprint density at radius 3 is 2.74 bits per heavy atom. The Labute approximate surface area is 159 Å². The van der Waals surface area contributed by atoms with Crippen molar-refractivity contribution in [3.63, 3.8) is 0 Å². The first-order chi connectivity index (χ1) is 13.1. The maximum Gasteiger partial charge on any atom is 0.320 e. The van der Waals surface area contributed by atoms with E-state index in [1.54, 1.807) is 10.9 Å². The number of pyridine rings is 1. The number of carbonyl (C=O) groups is 1. The molecule has 0 aromatic carbocycles. The average Bonchev–Trinajstić information content (AvgIpc) is 2.97. The van der Waals surface area contributed by atoms with E-state index in [4.69, 9.17) is 4.74 Å². The molecule has 8 heteroatoms. The fourth-order valence-corrected chi connectivity index (χ4v) is 3.42. The highest BCUT2D eigenvalue weighted by Crippen LogP contribution is 2.20. The number of hydrogen-bond acceptors (Lipinski definition) is 5. The third-order valence-electron chi connectivity index (χ3n) is 4.92. The standard InChI is InChI=1S/C19H28N6O2/c1-4-15-14(2)18(24(3)23-15)22-19(26)21-13-17(16-7-5-6-8-20-16)25-9-11-27-12-10-25/h5-8,17H,4,9-13H2,1-3H3,(H2,21,22,26)/t17-/m1/s1. The summed E-state index contributed by atoms with van der Waals surface area (Å²) in [4.78, 5) is 19.3. The Balaban J connectivity index is 1.66. The quantitative estimate of drug-likeness (QED) is 0.809. The fraction of sp³-hybridized carbons (Fsp3) is 0.526. The number of nitrogens with zero attached hydrogens (tertiary/aromatic N) is 4. The van der Waals surface area contributed by atoms with Crippen LogP contribution < -0.4 is 10.6 Å². The zero-order valence-corrected chi connectivity index (χ0v) is 16.2. The Bertz CT molecular complexity index is 755. The molecule has 0 aliphatic carbocycles. The molecule has 1 aliphatic heterocycles. The van der Waals surface area contributed by atoms with Gasteiger partial charge in [0.1, 0.15) is 5.82 Å². The normalized spacial score (nSPS) is 16.1.